The van der Waals surface area contributed by atoms with Crippen molar-refractivity contribution < 1.29 is 33.8 Å². The number of ether oxygens (including phenoxy) is 1. The third-order valence-electron chi connectivity index (χ3n) is 12.3. The summed E-state index contributed by atoms with van der Waals surface area (Å²) in [5.41, 5.74) is 0.895. The second kappa shape index (κ2) is 18.5. The van der Waals surface area contributed by atoms with Crippen molar-refractivity contribution in [1.29, 1.82) is 0 Å². The number of amides is 4. The molecular weight excluding hydrogens is 700 g/mol. The van der Waals surface area contributed by atoms with Crippen molar-refractivity contribution in [3.05, 3.63) is 35.4 Å². The molecular formula is C42H64N6O7. The van der Waals surface area contributed by atoms with Gasteiger partial charge in [0.2, 0.25) is 11.8 Å². The first-order chi connectivity index (χ1) is 26.3. The number of piperidine rings is 2. The fourth-order valence-corrected chi connectivity index (χ4v) is 9.01. The van der Waals surface area contributed by atoms with E-state index in [2.05, 4.69) is 10.2 Å². The monoisotopic (exact) mass is 764 g/mol. The number of nitrogens with one attached hydrogen (secondary N) is 1. The SMILES string of the molecule is CC(C)(C)OC(=O)N(CC(=O)N1CCCC(c2cccc(C(=O)N[C@@H](C(=O)N3CCN(CC4CCN(CC(=O)O)CC4)CC3)C3CCCCC3)c2)C1)C1CC1. The molecule has 4 amide bonds. The van der Waals surface area contributed by atoms with Gasteiger partial charge in [-0.15, -0.1) is 0 Å². The smallest absolute Gasteiger partial charge is 0.411 e. The highest BCUT2D eigenvalue weighted by molar-refractivity contribution is 5.98. The van der Waals surface area contributed by atoms with E-state index < -0.39 is 23.7 Å². The number of carbonyl (C=O) groups is 5. The van der Waals surface area contributed by atoms with Crippen molar-refractivity contribution in [2.45, 2.75) is 115 Å². The average Bonchev–Trinajstić information content (AvgIpc) is 4.02. The second-order valence-corrected chi connectivity index (χ2v) is 17.7. The van der Waals surface area contributed by atoms with Crippen molar-refractivity contribution in [2.24, 2.45) is 11.8 Å². The number of aliphatic carboxylic acids is 1. The van der Waals surface area contributed by atoms with Gasteiger partial charge in [-0.2, -0.15) is 0 Å². The Balaban J connectivity index is 1.04. The quantitative estimate of drug-likeness (QED) is 0.317. The van der Waals surface area contributed by atoms with Gasteiger partial charge in [0, 0.05) is 63.3 Å². The minimum absolute atomic E-state index is 0.00986. The van der Waals surface area contributed by atoms with E-state index in [0.29, 0.717) is 37.7 Å². The van der Waals surface area contributed by atoms with E-state index in [-0.39, 0.29) is 48.7 Å². The van der Waals surface area contributed by atoms with Gasteiger partial charge in [-0.1, -0.05) is 31.4 Å². The van der Waals surface area contributed by atoms with E-state index in [1.54, 1.807) is 4.90 Å². The molecule has 304 valence electrons. The fourth-order valence-electron chi connectivity index (χ4n) is 9.01. The van der Waals surface area contributed by atoms with Gasteiger partial charge < -0.3 is 25.0 Å². The molecule has 1 aromatic carbocycles. The molecule has 0 bridgehead atoms. The molecule has 0 radical (unpaired) electrons. The Kier molecular flexibility index (Phi) is 13.8. The van der Waals surface area contributed by atoms with Crippen LogP contribution < -0.4 is 5.32 Å². The third kappa shape index (κ3) is 11.7. The average molecular weight is 765 g/mol. The standard InChI is InChI=1S/C42H64N6O7/c1-42(2,3)55-41(54)48(35-14-15-35)28-36(49)47-18-8-13-34(27-47)32-11-7-12-33(25-32)39(52)43-38(31-9-5-4-6-10-31)40(53)46-23-21-45(22-24-46)26-30-16-19-44(20-17-30)29-37(50)51/h7,11-12,25,30-31,34-35,38H,4-6,8-10,13-24,26-29H2,1-3H3,(H,43,52)(H,50,51)/t34?,38-/m1/s1. The van der Waals surface area contributed by atoms with Crippen LogP contribution in [-0.4, -0.2) is 149 Å². The number of hydrogen-bond acceptors (Lipinski definition) is 8. The number of carboxylic acids is 1. The second-order valence-electron chi connectivity index (χ2n) is 17.7. The summed E-state index contributed by atoms with van der Waals surface area (Å²) in [6, 6.07) is 7.15. The number of benzene rings is 1. The molecule has 2 aliphatic carbocycles. The van der Waals surface area contributed by atoms with Crippen LogP contribution in [0.15, 0.2) is 24.3 Å². The molecule has 0 aromatic heterocycles. The number of nitrogens with zero attached hydrogens (tertiary/aromatic N) is 5. The molecule has 3 aliphatic heterocycles. The van der Waals surface area contributed by atoms with Crippen molar-refractivity contribution >= 4 is 29.8 Å². The van der Waals surface area contributed by atoms with Crippen LogP contribution in [0.25, 0.3) is 0 Å². The van der Waals surface area contributed by atoms with Crippen LogP contribution in [0.1, 0.15) is 113 Å². The third-order valence-corrected chi connectivity index (χ3v) is 12.3. The summed E-state index contributed by atoms with van der Waals surface area (Å²) in [6.07, 6.45) is 10.2. The molecule has 5 fully saturated rings. The number of carboxylic acid groups (broad SMARTS) is 1. The maximum atomic E-state index is 14.2. The molecule has 55 heavy (non-hydrogen) atoms. The zero-order valence-electron chi connectivity index (χ0n) is 33.4. The molecule has 1 unspecified atom stereocenters. The normalized spacial score (nSPS) is 22.9. The Morgan fingerprint density at radius 2 is 1.55 bits per heavy atom. The molecule has 1 aromatic rings. The van der Waals surface area contributed by atoms with Crippen molar-refractivity contribution in [2.75, 3.05) is 72.0 Å². The fraction of sp³-hybridized carbons (Fsp3) is 0.738. The molecule has 3 heterocycles. The van der Waals surface area contributed by atoms with Gasteiger partial charge >= 0.3 is 12.1 Å². The summed E-state index contributed by atoms with van der Waals surface area (Å²) in [5, 5.41) is 12.3. The van der Waals surface area contributed by atoms with Crippen LogP contribution in [0.5, 0.6) is 0 Å². The van der Waals surface area contributed by atoms with Crippen LogP contribution in [0.2, 0.25) is 0 Å². The summed E-state index contributed by atoms with van der Waals surface area (Å²) in [6.45, 7) is 12.3. The van der Waals surface area contributed by atoms with Crippen molar-refractivity contribution in [3.63, 3.8) is 0 Å². The van der Waals surface area contributed by atoms with Gasteiger partial charge in [0.05, 0.1) is 6.54 Å². The summed E-state index contributed by atoms with van der Waals surface area (Å²) in [7, 11) is 0. The lowest BCUT2D eigenvalue weighted by Gasteiger charge is -2.40. The molecule has 2 saturated carbocycles. The van der Waals surface area contributed by atoms with E-state index in [0.717, 1.165) is 109 Å². The summed E-state index contributed by atoms with van der Waals surface area (Å²) in [5.74, 6) is -0.361. The van der Waals surface area contributed by atoms with Crippen molar-refractivity contribution in [1.82, 2.24) is 29.8 Å². The van der Waals surface area contributed by atoms with E-state index in [4.69, 9.17) is 9.84 Å². The van der Waals surface area contributed by atoms with Gasteiger partial charge in [0.25, 0.3) is 5.91 Å². The molecule has 6 rings (SSSR count). The zero-order chi connectivity index (χ0) is 39.1. The summed E-state index contributed by atoms with van der Waals surface area (Å²) in [4.78, 5) is 75.5. The molecule has 2 atom stereocenters. The largest absolute Gasteiger partial charge is 0.480 e. The van der Waals surface area contributed by atoms with E-state index in [9.17, 15) is 24.0 Å². The minimum Gasteiger partial charge on any atom is -0.480 e. The Labute approximate surface area is 327 Å². The predicted octanol–water partition coefficient (Wildman–Crippen LogP) is 4.41. The molecule has 13 heteroatoms. The number of hydrogen-bond donors (Lipinski definition) is 2. The number of piperazine rings is 1. The predicted molar refractivity (Wildman–Crippen MR) is 209 cm³/mol. The van der Waals surface area contributed by atoms with Gasteiger partial charge in [0.15, 0.2) is 0 Å². The number of rotatable bonds is 12. The lowest BCUT2D eigenvalue weighted by molar-refractivity contribution is -0.139. The molecule has 5 aliphatic rings. The minimum atomic E-state index is -0.772. The molecule has 0 spiro atoms. The highest BCUT2D eigenvalue weighted by Gasteiger charge is 2.39. The summed E-state index contributed by atoms with van der Waals surface area (Å²) >= 11 is 0. The van der Waals surface area contributed by atoms with Crippen LogP contribution in [0.4, 0.5) is 4.79 Å². The number of carbonyl (C=O) groups excluding carboxylic acids is 4. The van der Waals surface area contributed by atoms with E-state index in [1.165, 1.54) is 0 Å². The Morgan fingerprint density at radius 1 is 0.836 bits per heavy atom. The lowest BCUT2D eigenvalue weighted by atomic mass is 9.83. The Morgan fingerprint density at radius 3 is 2.20 bits per heavy atom. The molecule has 2 N–H and O–H groups in total. The Bertz CT molecular complexity index is 1510. The topological polar surface area (TPSA) is 143 Å². The molecule has 13 nitrogen and oxygen atoms in total. The first-order valence-electron chi connectivity index (χ1n) is 21.0. The lowest BCUT2D eigenvalue weighted by Crippen LogP contribution is -2.57. The maximum Gasteiger partial charge on any atom is 0.411 e. The maximum absolute atomic E-state index is 14.2. The van der Waals surface area contributed by atoms with Crippen LogP contribution in [-0.2, 0) is 19.1 Å². The zero-order valence-corrected chi connectivity index (χ0v) is 33.4. The van der Waals surface area contributed by atoms with Gasteiger partial charge in [-0.3, -0.25) is 33.9 Å². The van der Waals surface area contributed by atoms with Crippen LogP contribution in [0.3, 0.4) is 0 Å². The highest BCUT2D eigenvalue weighted by atomic mass is 16.6. The van der Waals surface area contributed by atoms with E-state index in [1.807, 2.05) is 59.7 Å². The first-order valence-corrected chi connectivity index (χ1v) is 21.0. The van der Waals surface area contributed by atoms with Crippen LogP contribution in [0, 0.1) is 11.8 Å². The molecule has 3 saturated heterocycles. The first kappa shape index (κ1) is 40.9. The van der Waals surface area contributed by atoms with Gasteiger partial charge in [0.1, 0.15) is 18.2 Å². The summed E-state index contributed by atoms with van der Waals surface area (Å²) < 4.78 is 5.61. The highest BCUT2D eigenvalue weighted by Crippen LogP contribution is 2.32. The van der Waals surface area contributed by atoms with Gasteiger partial charge in [-0.25, -0.2) is 4.79 Å². The van der Waals surface area contributed by atoms with Crippen molar-refractivity contribution in [3.8, 4) is 0 Å². The van der Waals surface area contributed by atoms with Crippen LogP contribution >= 0.6 is 0 Å². The van der Waals surface area contributed by atoms with Gasteiger partial charge in [-0.05, 0) is 115 Å². The number of likely N-dealkylation sites (tertiary alicyclic amines) is 2. The Hall–Kier alpha value is -3.71. The van der Waals surface area contributed by atoms with E-state index >= 15 is 0 Å².